The molecule has 0 aromatic carbocycles. The molecule has 2 nitrogen and oxygen atoms in total. The minimum Gasteiger partial charge on any atom is -0.300 e. The van der Waals surface area contributed by atoms with Crippen LogP contribution in [0.3, 0.4) is 0 Å². The van der Waals surface area contributed by atoms with Gasteiger partial charge in [-0.3, -0.25) is 0 Å². The second-order valence-corrected chi connectivity index (χ2v) is 2.47. The van der Waals surface area contributed by atoms with Gasteiger partial charge in [-0.15, -0.1) is 5.43 Å². The van der Waals surface area contributed by atoms with Crippen molar-refractivity contribution in [3.63, 3.8) is 0 Å². The van der Waals surface area contributed by atoms with Crippen molar-refractivity contribution >= 4 is 15.9 Å². The molecule has 3 heteroatoms. The number of rotatable bonds is 0. The Labute approximate surface area is 51.3 Å². The van der Waals surface area contributed by atoms with Gasteiger partial charge in [0.2, 0.25) is 0 Å². The first-order valence-electron chi connectivity index (χ1n) is 2.05. The molecule has 39 valence electrons. The summed E-state index contributed by atoms with van der Waals surface area (Å²) in [6.07, 6.45) is 1.94. The molecule has 0 saturated carbocycles. The van der Waals surface area contributed by atoms with Crippen molar-refractivity contribution in [2.24, 2.45) is 0 Å². The number of hydrogen-bond acceptors (Lipinski definition) is 1. The third-order valence-corrected chi connectivity index (χ3v) is 1.23. The molecule has 0 unspecified atom stereocenters. The van der Waals surface area contributed by atoms with Gasteiger partial charge >= 0.3 is 0 Å². The van der Waals surface area contributed by atoms with Gasteiger partial charge in [0.1, 0.15) is 0 Å². The first-order valence-corrected chi connectivity index (χ1v) is 2.85. The maximum atomic E-state index is 4.01. The fraction of sp³-hybridized carbons (Fsp3) is 0.500. The van der Waals surface area contributed by atoms with Crippen molar-refractivity contribution in [1.29, 1.82) is 0 Å². The molecule has 0 bridgehead atoms. The van der Waals surface area contributed by atoms with Crippen LogP contribution in [-0.4, -0.2) is 18.6 Å². The average Bonchev–Trinajstić information content (AvgIpc) is 1.87. The molecular formula is C4H6BrN2. The highest BCUT2D eigenvalue weighted by Gasteiger charge is 2.03. The summed E-state index contributed by atoms with van der Waals surface area (Å²) < 4.78 is 1.15. The summed E-state index contributed by atoms with van der Waals surface area (Å²) in [5, 5.41) is 1.80. The smallest absolute Gasteiger partial charge is 0.0691 e. The summed E-state index contributed by atoms with van der Waals surface area (Å²) in [5.41, 5.74) is 4.01. The lowest BCUT2D eigenvalue weighted by atomic mass is 10.7. The average molecular weight is 162 g/mol. The highest BCUT2D eigenvalue weighted by molar-refractivity contribution is 9.11. The van der Waals surface area contributed by atoms with E-state index in [0.717, 1.165) is 11.0 Å². The fourth-order valence-electron chi connectivity index (χ4n) is 0.463. The molecule has 0 N–H and O–H groups in total. The van der Waals surface area contributed by atoms with Gasteiger partial charge in [0.25, 0.3) is 0 Å². The van der Waals surface area contributed by atoms with Crippen molar-refractivity contribution in [2.45, 2.75) is 0 Å². The molecule has 0 aromatic heterocycles. The van der Waals surface area contributed by atoms with E-state index >= 15 is 0 Å². The molecule has 0 saturated heterocycles. The molecule has 0 spiro atoms. The largest absolute Gasteiger partial charge is 0.300 e. The first-order chi connectivity index (χ1) is 3.29. The Hall–Kier alpha value is -0.0200. The maximum absolute atomic E-state index is 4.01. The molecule has 0 aliphatic carbocycles. The van der Waals surface area contributed by atoms with Gasteiger partial charge in [-0.2, -0.15) is 0 Å². The van der Waals surface area contributed by atoms with E-state index in [1.165, 1.54) is 0 Å². The third kappa shape index (κ3) is 1.17. The predicted octanol–water partition coefficient (Wildman–Crippen LogP) is 0.688. The number of hydrogen-bond donors (Lipinski definition) is 0. The van der Waals surface area contributed by atoms with Gasteiger partial charge in [-0.1, -0.05) is 15.9 Å². The Balaban J connectivity index is 2.50. The first kappa shape index (κ1) is 5.12. The van der Waals surface area contributed by atoms with Gasteiger partial charge in [-0.25, -0.2) is 0 Å². The van der Waals surface area contributed by atoms with Crippen LogP contribution in [0, 0.1) is 0 Å². The van der Waals surface area contributed by atoms with Gasteiger partial charge < -0.3 is 5.01 Å². The van der Waals surface area contributed by atoms with Crippen LogP contribution in [0.2, 0.25) is 0 Å². The zero-order valence-electron chi connectivity index (χ0n) is 4.06. The molecule has 0 amide bonds. The van der Waals surface area contributed by atoms with Gasteiger partial charge in [0, 0.05) is 17.7 Å². The van der Waals surface area contributed by atoms with Crippen LogP contribution in [0.5, 0.6) is 0 Å². The second-order valence-electron chi connectivity index (χ2n) is 1.45. The molecule has 1 aliphatic rings. The van der Waals surface area contributed by atoms with Crippen molar-refractivity contribution in [3.05, 3.63) is 10.7 Å². The second kappa shape index (κ2) is 1.84. The van der Waals surface area contributed by atoms with Gasteiger partial charge in [0.05, 0.1) is 6.54 Å². The highest BCUT2D eigenvalue weighted by atomic mass is 79.9. The summed E-state index contributed by atoms with van der Waals surface area (Å²) >= 11 is 3.30. The summed E-state index contributed by atoms with van der Waals surface area (Å²) in [7, 11) is 1.91. The van der Waals surface area contributed by atoms with E-state index in [1.807, 2.05) is 13.2 Å². The zero-order chi connectivity index (χ0) is 5.28. The number of nitrogens with zero attached hydrogens (tertiary/aromatic N) is 2. The molecule has 1 aliphatic heterocycles. The van der Waals surface area contributed by atoms with Crippen molar-refractivity contribution in [3.8, 4) is 0 Å². The van der Waals surface area contributed by atoms with E-state index in [0.29, 0.717) is 0 Å². The molecule has 1 radical (unpaired) electrons. The lowest BCUT2D eigenvalue weighted by Crippen LogP contribution is -2.15. The Kier molecular flexibility index (Phi) is 1.35. The summed E-state index contributed by atoms with van der Waals surface area (Å²) in [4.78, 5) is 0. The van der Waals surface area contributed by atoms with Crippen LogP contribution in [0.4, 0.5) is 0 Å². The zero-order valence-corrected chi connectivity index (χ0v) is 5.64. The third-order valence-electron chi connectivity index (χ3n) is 0.772. The molecule has 0 fully saturated rings. The minimum absolute atomic E-state index is 0.802. The lowest BCUT2D eigenvalue weighted by Gasteiger charge is -2.00. The number of halogens is 1. The Bertz CT molecular complexity index is 99.9. The van der Waals surface area contributed by atoms with Crippen LogP contribution in [-0.2, 0) is 0 Å². The van der Waals surface area contributed by atoms with E-state index < -0.39 is 0 Å². The van der Waals surface area contributed by atoms with E-state index in [-0.39, 0.29) is 0 Å². The summed E-state index contributed by atoms with van der Waals surface area (Å²) in [6.45, 7) is 0.802. The van der Waals surface area contributed by atoms with Gasteiger partial charge in [0.15, 0.2) is 0 Å². The van der Waals surface area contributed by atoms with Crippen LogP contribution >= 0.6 is 15.9 Å². The molecule has 7 heavy (non-hydrogen) atoms. The Morgan fingerprint density at radius 3 is 2.86 bits per heavy atom. The molecule has 0 aromatic rings. The van der Waals surface area contributed by atoms with Crippen LogP contribution < -0.4 is 5.43 Å². The molecule has 1 rings (SSSR count). The fourth-order valence-corrected chi connectivity index (χ4v) is 0.872. The molecule has 0 atom stereocenters. The van der Waals surface area contributed by atoms with Crippen molar-refractivity contribution in [1.82, 2.24) is 10.4 Å². The van der Waals surface area contributed by atoms with Crippen LogP contribution in [0.15, 0.2) is 10.7 Å². The Morgan fingerprint density at radius 1 is 2.00 bits per heavy atom. The van der Waals surface area contributed by atoms with Crippen molar-refractivity contribution < 1.29 is 0 Å². The van der Waals surface area contributed by atoms with Crippen molar-refractivity contribution in [2.75, 3.05) is 13.6 Å². The summed E-state index contributed by atoms with van der Waals surface area (Å²) in [5.74, 6) is 0. The van der Waals surface area contributed by atoms with E-state index in [9.17, 15) is 0 Å². The quantitative estimate of drug-likeness (QED) is 0.512. The maximum Gasteiger partial charge on any atom is 0.0691 e. The lowest BCUT2D eigenvalue weighted by molar-refractivity contribution is 0.363. The predicted molar refractivity (Wildman–Crippen MR) is 31.8 cm³/mol. The Morgan fingerprint density at radius 2 is 2.71 bits per heavy atom. The van der Waals surface area contributed by atoms with E-state index in [4.69, 9.17) is 0 Å². The van der Waals surface area contributed by atoms with Crippen LogP contribution in [0.1, 0.15) is 0 Å². The van der Waals surface area contributed by atoms with Crippen LogP contribution in [0.25, 0.3) is 0 Å². The van der Waals surface area contributed by atoms with E-state index in [2.05, 4.69) is 21.4 Å². The minimum atomic E-state index is 0.802. The monoisotopic (exact) mass is 161 g/mol. The standard InChI is InChI=1S/C4H6BrN2/c1-7-3-4(5)2-6-7/h3H,2H2,1H3. The highest BCUT2D eigenvalue weighted by Crippen LogP contribution is 2.09. The molecule has 1 heterocycles. The van der Waals surface area contributed by atoms with Gasteiger partial charge in [-0.05, 0) is 0 Å². The normalized spacial score (nSPS) is 20.3. The SMILES string of the molecule is CN1C=C(Br)C[N]1. The molecular weight excluding hydrogens is 156 g/mol. The van der Waals surface area contributed by atoms with E-state index in [1.54, 1.807) is 5.01 Å². The topological polar surface area (TPSA) is 17.3 Å². The summed E-state index contributed by atoms with van der Waals surface area (Å²) in [6, 6.07) is 0.